The molecule has 2 heterocycles. The Morgan fingerprint density at radius 2 is 2.00 bits per heavy atom. The molecule has 6 atom stereocenters. The Bertz CT molecular complexity index is 875. The van der Waals surface area contributed by atoms with E-state index in [0.29, 0.717) is 29.5 Å². The van der Waals surface area contributed by atoms with Crippen LogP contribution in [0.4, 0.5) is 0 Å². The van der Waals surface area contributed by atoms with Crippen molar-refractivity contribution in [3.05, 3.63) is 11.1 Å². The molecule has 6 heteroatoms. The number of hydrogen-bond acceptors (Lipinski definition) is 5. The normalized spacial score (nSPS) is 49.8. The maximum Gasteiger partial charge on any atom is 0.312 e. The number of carbonyl (C=O) groups excluding carboxylic acids is 3. The zero-order valence-corrected chi connectivity index (χ0v) is 15.1. The summed E-state index contributed by atoms with van der Waals surface area (Å²) in [4.78, 5) is 45.2. The fourth-order valence-electron chi connectivity index (χ4n) is 8.17. The van der Waals surface area contributed by atoms with Gasteiger partial charge in [-0.15, -0.1) is 0 Å². The van der Waals surface area contributed by atoms with Crippen LogP contribution in [0.2, 0.25) is 0 Å². The Morgan fingerprint density at radius 3 is 2.69 bits per heavy atom. The number of dihydropyridines is 1. The van der Waals surface area contributed by atoms with Gasteiger partial charge >= 0.3 is 5.97 Å². The highest BCUT2D eigenvalue weighted by Crippen LogP contribution is 2.89. The van der Waals surface area contributed by atoms with Crippen molar-refractivity contribution in [2.75, 3.05) is 13.7 Å². The minimum atomic E-state index is -0.480. The summed E-state index contributed by atoms with van der Waals surface area (Å²) in [6.07, 6.45) is 5.97. The average molecular weight is 354 g/mol. The predicted octanol–water partition coefficient (Wildman–Crippen LogP) is 1.49. The number of ether oxygens (including phenoxy) is 1. The smallest absolute Gasteiger partial charge is 0.312 e. The van der Waals surface area contributed by atoms with E-state index in [4.69, 9.17) is 4.74 Å². The van der Waals surface area contributed by atoms with Gasteiger partial charge in [0.15, 0.2) is 0 Å². The van der Waals surface area contributed by atoms with Crippen LogP contribution >= 0.6 is 0 Å². The monoisotopic (exact) mass is 354 g/mol. The van der Waals surface area contributed by atoms with Crippen molar-refractivity contribution < 1.29 is 19.1 Å². The van der Waals surface area contributed by atoms with Crippen LogP contribution in [0.5, 0.6) is 0 Å². The highest BCUT2D eigenvalue weighted by Gasteiger charge is 2.91. The summed E-state index contributed by atoms with van der Waals surface area (Å²) in [7, 11) is 1.46. The van der Waals surface area contributed by atoms with Gasteiger partial charge in [-0.2, -0.15) is 0 Å². The molecule has 136 valence electrons. The number of rotatable bonds is 2. The third kappa shape index (κ3) is 1.17. The second kappa shape index (κ2) is 4.12. The topological polar surface area (TPSA) is 76.0 Å². The van der Waals surface area contributed by atoms with Crippen molar-refractivity contribution in [3.63, 3.8) is 0 Å². The number of carbonyl (C=O) groups is 3. The minimum absolute atomic E-state index is 0.0217. The summed E-state index contributed by atoms with van der Waals surface area (Å²) in [6, 6.07) is 0. The van der Waals surface area contributed by atoms with Crippen LogP contribution in [-0.2, 0) is 19.1 Å². The maximum absolute atomic E-state index is 13.3. The van der Waals surface area contributed by atoms with Crippen molar-refractivity contribution in [1.29, 1.82) is 0 Å². The lowest BCUT2D eigenvalue weighted by Gasteiger charge is -2.77. The molecule has 6 aliphatic rings. The van der Waals surface area contributed by atoms with Gasteiger partial charge in [0.2, 0.25) is 0 Å². The lowest BCUT2D eigenvalue weighted by molar-refractivity contribution is -0.289. The summed E-state index contributed by atoms with van der Waals surface area (Å²) in [5, 5.41) is 0. The molecule has 4 fully saturated rings. The molecule has 0 N–H and O–H groups in total. The van der Waals surface area contributed by atoms with Gasteiger partial charge in [-0.05, 0) is 43.9 Å². The molecule has 2 aliphatic heterocycles. The molecule has 4 aliphatic carbocycles. The number of amides is 2. The number of methoxy groups -OCH3 is 1. The van der Waals surface area contributed by atoms with Gasteiger partial charge in [0.05, 0.1) is 23.6 Å². The highest BCUT2D eigenvalue weighted by atomic mass is 16.5. The van der Waals surface area contributed by atoms with E-state index >= 15 is 0 Å². The third-order valence-electron chi connectivity index (χ3n) is 8.69. The largest absolute Gasteiger partial charge is 0.469 e. The van der Waals surface area contributed by atoms with Crippen LogP contribution in [0.3, 0.4) is 0 Å². The van der Waals surface area contributed by atoms with E-state index in [2.05, 4.69) is 4.99 Å². The zero-order chi connectivity index (χ0) is 18.1. The molecule has 0 radical (unpaired) electrons. The van der Waals surface area contributed by atoms with Gasteiger partial charge in [0.1, 0.15) is 0 Å². The summed E-state index contributed by atoms with van der Waals surface area (Å²) in [6.45, 7) is 2.52. The molecule has 4 saturated carbocycles. The van der Waals surface area contributed by atoms with Gasteiger partial charge in [-0.1, -0.05) is 6.92 Å². The number of aliphatic imine (C=N–C) groups is 1. The van der Waals surface area contributed by atoms with Crippen LogP contribution < -0.4 is 0 Å². The predicted molar refractivity (Wildman–Crippen MR) is 91.1 cm³/mol. The molecular weight excluding hydrogens is 332 g/mol. The lowest BCUT2D eigenvalue weighted by atomic mass is 9.28. The van der Waals surface area contributed by atoms with E-state index in [9.17, 15) is 14.4 Å². The van der Waals surface area contributed by atoms with Crippen LogP contribution in [0.25, 0.3) is 0 Å². The first-order valence-electron chi connectivity index (χ1n) is 9.63. The Labute approximate surface area is 151 Å². The Morgan fingerprint density at radius 1 is 1.19 bits per heavy atom. The SMILES string of the molecule is COC(=O)C12CC3CC4(N5C(=O)C6=C(C5=O)C(C)CN=C6)CC(C1)C24C3. The first kappa shape index (κ1) is 15.1. The Hall–Kier alpha value is -1.98. The molecule has 2 amide bonds. The standard InChI is InChI=1S/C20H22N2O4/c1-10-8-21-9-13-14(10)16(24)22(15(13)23)19-4-11-3-18(17(25)26-2)6-12(7-19)20(18,19)5-11/h9-12H,3-8H2,1-2H3. The van der Waals surface area contributed by atoms with E-state index in [1.165, 1.54) is 7.11 Å². The number of nitrogens with zero attached hydrogens (tertiary/aromatic N) is 2. The van der Waals surface area contributed by atoms with Gasteiger partial charge in [-0.25, -0.2) is 0 Å². The van der Waals surface area contributed by atoms with Gasteiger partial charge < -0.3 is 4.74 Å². The molecule has 6 nitrogen and oxygen atoms in total. The molecule has 0 aromatic rings. The molecule has 0 aromatic carbocycles. The molecule has 1 spiro atoms. The molecule has 0 aromatic heterocycles. The van der Waals surface area contributed by atoms with Crippen molar-refractivity contribution in [2.45, 2.75) is 44.6 Å². The summed E-state index contributed by atoms with van der Waals surface area (Å²) in [5.41, 5.74) is -0.0834. The van der Waals surface area contributed by atoms with Gasteiger partial charge in [0.25, 0.3) is 11.8 Å². The fraction of sp³-hybridized carbons (Fsp3) is 0.700. The second-order valence-corrected chi connectivity index (χ2v) is 9.33. The number of imide groups is 1. The highest BCUT2D eigenvalue weighted by molar-refractivity contribution is 6.29. The molecule has 6 unspecified atom stereocenters. The van der Waals surface area contributed by atoms with Crippen molar-refractivity contribution >= 4 is 24.0 Å². The average Bonchev–Trinajstić information content (AvgIpc) is 3.16. The van der Waals surface area contributed by atoms with Crippen LogP contribution in [0, 0.1) is 28.6 Å². The van der Waals surface area contributed by atoms with Gasteiger partial charge in [0, 0.05) is 29.7 Å². The van der Waals surface area contributed by atoms with E-state index in [0.717, 1.165) is 32.1 Å². The third-order valence-corrected chi connectivity index (χ3v) is 8.69. The van der Waals surface area contributed by atoms with Crippen LogP contribution in [0.15, 0.2) is 16.1 Å². The quantitative estimate of drug-likeness (QED) is 0.556. The summed E-state index contributed by atoms with van der Waals surface area (Å²) >= 11 is 0. The Kier molecular flexibility index (Phi) is 2.40. The molecule has 6 rings (SSSR count). The van der Waals surface area contributed by atoms with Crippen molar-refractivity contribution in [3.8, 4) is 0 Å². The van der Waals surface area contributed by atoms with E-state index < -0.39 is 11.0 Å². The lowest BCUT2D eigenvalue weighted by Crippen LogP contribution is -2.83. The molecule has 0 saturated heterocycles. The van der Waals surface area contributed by atoms with Crippen LogP contribution in [0.1, 0.15) is 39.0 Å². The van der Waals surface area contributed by atoms with E-state index in [1.807, 2.05) is 6.92 Å². The minimum Gasteiger partial charge on any atom is -0.469 e. The maximum atomic E-state index is 13.3. The first-order chi connectivity index (χ1) is 12.4. The molecule has 2 bridgehead atoms. The van der Waals surface area contributed by atoms with E-state index in [1.54, 1.807) is 11.1 Å². The van der Waals surface area contributed by atoms with Crippen LogP contribution in [-0.4, -0.2) is 48.1 Å². The summed E-state index contributed by atoms with van der Waals surface area (Å²) < 4.78 is 5.19. The van der Waals surface area contributed by atoms with Gasteiger partial charge in [-0.3, -0.25) is 24.3 Å². The van der Waals surface area contributed by atoms with Crippen molar-refractivity contribution in [1.82, 2.24) is 4.90 Å². The molecular formula is C20H22N2O4. The number of fused-ring (bicyclic) bond motifs is 1. The fourth-order valence-corrected chi connectivity index (χ4v) is 8.17. The van der Waals surface area contributed by atoms with E-state index in [-0.39, 0.29) is 29.1 Å². The number of esters is 1. The number of hydrogen-bond donors (Lipinski definition) is 0. The van der Waals surface area contributed by atoms with Crippen molar-refractivity contribution in [2.24, 2.45) is 33.6 Å². The molecule has 26 heavy (non-hydrogen) atoms. The Balaban J connectivity index is 1.47. The second-order valence-electron chi connectivity index (χ2n) is 9.33. The zero-order valence-electron chi connectivity index (χ0n) is 15.1. The summed E-state index contributed by atoms with van der Waals surface area (Å²) in [5.74, 6) is 0.378. The first-order valence-corrected chi connectivity index (χ1v) is 9.63.